The number of rotatable bonds is 5. The molecule has 0 N–H and O–H groups in total. The lowest BCUT2D eigenvalue weighted by atomic mass is 9.97. The SMILES string of the molecule is c1ccc2oc(-c3ccc(-c4cc(-c5ccc(-c6cccc7ccccc67)cc5)nc(-c5cccc6c5sc5ccccc56)n4)cc3)cc2c1. The Morgan fingerprint density at radius 2 is 1.00 bits per heavy atom. The predicted octanol–water partition coefficient (Wildman–Crippen LogP) is 13.1. The molecule has 10 aromatic rings. The van der Waals surface area contributed by atoms with E-state index in [9.17, 15) is 0 Å². The number of benzene rings is 7. The molecule has 0 fully saturated rings. The first-order valence-electron chi connectivity index (χ1n) is 16.7. The molecule has 0 unspecified atom stereocenters. The molecule has 3 nitrogen and oxygen atoms in total. The monoisotopic (exact) mass is 656 g/mol. The van der Waals surface area contributed by atoms with E-state index in [4.69, 9.17) is 14.4 Å². The van der Waals surface area contributed by atoms with E-state index in [1.54, 1.807) is 11.3 Å². The molecule has 0 aliphatic heterocycles. The minimum absolute atomic E-state index is 0.717. The molecule has 0 saturated carbocycles. The van der Waals surface area contributed by atoms with Crippen LogP contribution in [0, 0.1) is 0 Å². The average molecular weight is 657 g/mol. The third-order valence-electron chi connectivity index (χ3n) is 9.54. The Balaban J connectivity index is 1.10. The Labute approximate surface area is 292 Å². The average Bonchev–Trinajstić information content (AvgIpc) is 3.80. The molecule has 0 radical (unpaired) electrons. The van der Waals surface area contributed by atoms with E-state index in [0.717, 1.165) is 50.4 Å². The number of fused-ring (bicyclic) bond motifs is 5. The molecule has 4 heteroatoms. The van der Waals surface area contributed by atoms with Crippen LogP contribution in [0.25, 0.3) is 98.3 Å². The lowest BCUT2D eigenvalue weighted by Gasteiger charge is -2.11. The Kier molecular flexibility index (Phi) is 6.68. The summed E-state index contributed by atoms with van der Waals surface area (Å²) in [6.45, 7) is 0. The summed E-state index contributed by atoms with van der Waals surface area (Å²) in [5.41, 5.74) is 9.17. The Morgan fingerprint density at radius 3 is 1.78 bits per heavy atom. The minimum atomic E-state index is 0.717. The lowest BCUT2D eigenvalue weighted by molar-refractivity contribution is 0.631. The number of aromatic nitrogens is 2. The zero-order valence-corrected chi connectivity index (χ0v) is 27.7. The van der Waals surface area contributed by atoms with Crippen LogP contribution in [-0.4, -0.2) is 9.97 Å². The van der Waals surface area contributed by atoms with Crippen molar-refractivity contribution in [2.75, 3.05) is 0 Å². The fourth-order valence-corrected chi connectivity index (χ4v) is 8.23. The van der Waals surface area contributed by atoms with Gasteiger partial charge in [0.05, 0.1) is 11.4 Å². The number of thiophene rings is 1. The molecule has 234 valence electrons. The summed E-state index contributed by atoms with van der Waals surface area (Å²) in [6, 6.07) is 59.6. The molecule has 0 aliphatic carbocycles. The highest BCUT2D eigenvalue weighted by Crippen LogP contribution is 2.40. The van der Waals surface area contributed by atoms with Crippen molar-refractivity contribution in [1.29, 1.82) is 0 Å². The first kappa shape index (κ1) is 28.6. The van der Waals surface area contributed by atoms with Crippen molar-refractivity contribution in [1.82, 2.24) is 9.97 Å². The van der Waals surface area contributed by atoms with Gasteiger partial charge in [-0.15, -0.1) is 11.3 Å². The van der Waals surface area contributed by atoms with Crippen LogP contribution in [0.4, 0.5) is 0 Å². The topological polar surface area (TPSA) is 38.9 Å². The van der Waals surface area contributed by atoms with Crippen molar-refractivity contribution >= 4 is 53.3 Å². The van der Waals surface area contributed by atoms with Crippen molar-refractivity contribution in [3.8, 4) is 56.4 Å². The quantitative estimate of drug-likeness (QED) is 0.185. The Hall–Kier alpha value is -6.36. The second-order valence-electron chi connectivity index (χ2n) is 12.6. The number of nitrogens with zero attached hydrogens (tertiary/aromatic N) is 2. The summed E-state index contributed by atoms with van der Waals surface area (Å²) in [5, 5.41) is 6.07. The molecule has 50 heavy (non-hydrogen) atoms. The summed E-state index contributed by atoms with van der Waals surface area (Å²) in [7, 11) is 0. The van der Waals surface area contributed by atoms with Crippen LogP contribution in [0.3, 0.4) is 0 Å². The van der Waals surface area contributed by atoms with Crippen LogP contribution in [0.5, 0.6) is 0 Å². The van der Waals surface area contributed by atoms with Crippen LogP contribution < -0.4 is 0 Å². The maximum atomic E-state index is 6.16. The van der Waals surface area contributed by atoms with Crippen LogP contribution in [0.1, 0.15) is 0 Å². The molecular formula is C46H28N2OS. The summed E-state index contributed by atoms with van der Waals surface area (Å²) in [6.07, 6.45) is 0. The molecule has 3 heterocycles. The van der Waals surface area contributed by atoms with Crippen LogP contribution in [0.2, 0.25) is 0 Å². The van der Waals surface area contributed by atoms with Crippen LogP contribution >= 0.6 is 11.3 Å². The zero-order valence-electron chi connectivity index (χ0n) is 26.9. The lowest BCUT2D eigenvalue weighted by Crippen LogP contribution is -1.96. The molecule has 0 atom stereocenters. The van der Waals surface area contributed by atoms with Gasteiger partial charge in [-0.1, -0.05) is 140 Å². The number of hydrogen-bond donors (Lipinski definition) is 0. The van der Waals surface area contributed by atoms with E-state index in [0.29, 0.717) is 5.82 Å². The molecule has 0 amide bonds. The second kappa shape index (κ2) is 11.7. The maximum absolute atomic E-state index is 6.16. The standard InChI is InChI=1S/C46H28N2OS/c1-3-12-35-29(9-1)11-7-14-36(35)30-19-21-31(22-20-30)40-28-41(32-23-25-33(26-24-32)43-27-34-10-2-5-17-42(34)49-43)48-46(47-40)39-16-8-15-38-37-13-4-6-18-44(37)50-45(38)39/h1-28H. The van der Waals surface area contributed by atoms with Crippen molar-refractivity contribution in [2.24, 2.45) is 0 Å². The van der Waals surface area contributed by atoms with E-state index in [1.165, 1.54) is 42.1 Å². The van der Waals surface area contributed by atoms with Crippen molar-refractivity contribution < 1.29 is 4.42 Å². The van der Waals surface area contributed by atoms with E-state index < -0.39 is 0 Å². The fraction of sp³-hybridized carbons (Fsp3) is 0. The van der Waals surface area contributed by atoms with Gasteiger partial charge < -0.3 is 4.42 Å². The van der Waals surface area contributed by atoms with Gasteiger partial charge in [-0.05, 0) is 52.2 Å². The fourth-order valence-electron chi connectivity index (χ4n) is 7.01. The van der Waals surface area contributed by atoms with E-state index >= 15 is 0 Å². The molecule has 7 aromatic carbocycles. The molecule has 0 bridgehead atoms. The Morgan fingerprint density at radius 1 is 0.420 bits per heavy atom. The van der Waals surface area contributed by atoms with Crippen LogP contribution in [-0.2, 0) is 0 Å². The molecule has 0 saturated heterocycles. The molecule has 10 rings (SSSR count). The summed E-state index contributed by atoms with van der Waals surface area (Å²) in [4.78, 5) is 10.5. The molecule has 3 aromatic heterocycles. The number of furan rings is 1. The maximum Gasteiger partial charge on any atom is 0.161 e. The summed E-state index contributed by atoms with van der Waals surface area (Å²) in [5.74, 6) is 1.57. The third kappa shape index (κ3) is 4.89. The first-order valence-corrected chi connectivity index (χ1v) is 17.5. The third-order valence-corrected chi connectivity index (χ3v) is 10.8. The highest BCUT2D eigenvalue weighted by atomic mass is 32.1. The summed E-state index contributed by atoms with van der Waals surface area (Å²) >= 11 is 1.80. The van der Waals surface area contributed by atoms with E-state index in [1.807, 2.05) is 18.2 Å². The van der Waals surface area contributed by atoms with Gasteiger partial charge in [0.2, 0.25) is 0 Å². The van der Waals surface area contributed by atoms with Gasteiger partial charge in [-0.2, -0.15) is 0 Å². The van der Waals surface area contributed by atoms with Gasteiger partial charge >= 0.3 is 0 Å². The van der Waals surface area contributed by atoms with Crippen molar-refractivity contribution in [3.05, 3.63) is 170 Å². The van der Waals surface area contributed by atoms with Crippen LogP contribution in [0.15, 0.2) is 174 Å². The van der Waals surface area contributed by atoms with E-state index in [-0.39, 0.29) is 0 Å². The van der Waals surface area contributed by atoms with Gasteiger partial charge in [0.15, 0.2) is 5.82 Å². The zero-order chi connectivity index (χ0) is 33.0. The van der Waals surface area contributed by atoms with Gasteiger partial charge in [-0.25, -0.2) is 9.97 Å². The second-order valence-corrected chi connectivity index (χ2v) is 13.6. The number of hydrogen-bond acceptors (Lipinski definition) is 4. The highest BCUT2D eigenvalue weighted by molar-refractivity contribution is 7.26. The molecular weight excluding hydrogens is 629 g/mol. The van der Waals surface area contributed by atoms with Gasteiger partial charge in [0.1, 0.15) is 11.3 Å². The minimum Gasteiger partial charge on any atom is -0.456 e. The molecule has 0 aliphatic rings. The summed E-state index contributed by atoms with van der Waals surface area (Å²) < 4.78 is 8.62. The van der Waals surface area contributed by atoms with Crippen molar-refractivity contribution in [3.63, 3.8) is 0 Å². The van der Waals surface area contributed by atoms with E-state index in [2.05, 4.69) is 152 Å². The Bertz CT molecular complexity index is 2830. The predicted molar refractivity (Wildman–Crippen MR) is 209 cm³/mol. The van der Waals surface area contributed by atoms with Gasteiger partial charge in [0.25, 0.3) is 0 Å². The first-order chi connectivity index (χ1) is 24.7. The largest absolute Gasteiger partial charge is 0.456 e. The smallest absolute Gasteiger partial charge is 0.161 e. The van der Waals surface area contributed by atoms with Crippen molar-refractivity contribution in [2.45, 2.75) is 0 Å². The highest BCUT2D eigenvalue weighted by Gasteiger charge is 2.16. The normalized spacial score (nSPS) is 11.6. The van der Waals surface area contributed by atoms with Gasteiger partial charge in [-0.3, -0.25) is 0 Å². The molecule has 0 spiro atoms. The number of para-hydroxylation sites is 1. The van der Waals surface area contributed by atoms with Gasteiger partial charge in [0, 0.05) is 47.8 Å².